The highest BCUT2D eigenvalue weighted by atomic mass is 16.6. The number of hydrogen-bond donors (Lipinski definition) is 1. The SMILES string of the molecule is CC(NC(=O)C=Cc1cccc([N+](=O)[O-])c1)c1ccc2ccccc2c1. The van der Waals surface area contributed by atoms with Gasteiger partial charge in [0.2, 0.25) is 5.91 Å². The van der Waals surface area contributed by atoms with E-state index in [1.807, 2.05) is 43.3 Å². The molecule has 0 aliphatic rings. The Morgan fingerprint density at radius 1 is 1.04 bits per heavy atom. The highest BCUT2D eigenvalue weighted by molar-refractivity contribution is 5.92. The molecule has 130 valence electrons. The first-order chi connectivity index (χ1) is 12.5. The fourth-order valence-electron chi connectivity index (χ4n) is 2.74. The molecular weight excluding hydrogens is 328 g/mol. The van der Waals surface area contributed by atoms with Crippen molar-refractivity contribution in [2.75, 3.05) is 0 Å². The van der Waals surface area contributed by atoms with Crippen LogP contribution in [0.25, 0.3) is 16.8 Å². The number of nitrogens with one attached hydrogen (secondary N) is 1. The van der Waals surface area contributed by atoms with Gasteiger partial charge in [-0.1, -0.05) is 48.5 Å². The monoisotopic (exact) mass is 346 g/mol. The molecule has 1 atom stereocenters. The third-order valence-corrected chi connectivity index (χ3v) is 4.14. The standard InChI is InChI=1S/C21H18N2O3/c1-15(18-11-10-17-6-2-3-7-19(17)14-18)22-21(24)12-9-16-5-4-8-20(13-16)23(25)26/h2-15H,1H3,(H,22,24). The van der Waals surface area contributed by atoms with Gasteiger partial charge in [-0.05, 0) is 41.0 Å². The van der Waals surface area contributed by atoms with E-state index < -0.39 is 4.92 Å². The molecule has 0 heterocycles. The predicted molar refractivity (Wildman–Crippen MR) is 103 cm³/mol. The van der Waals surface area contributed by atoms with Gasteiger partial charge in [-0.3, -0.25) is 14.9 Å². The second-order valence-electron chi connectivity index (χ2n) is 6.02. The van der Waals surface area contributed by atoms with E-state index in [2.05, 4.69) is 11.4 Å². The Morgan fingerprint density at radius 2 is 1.81 bits per heavy atom. The topological polar surface area (TPSA) is 72.2 Å². The quantitative estimate of drug-likeness (QED) is 0.415. The second-order valence-corrected chi connectivity index (χ2v) is 6.02. The molecule has 1 N–H and O–H groups in total. The van der Waals surface area contributed by atoms with Gasteiger partial charge in [-0.2, -0.15) is 0 Å². The van der Waals surface area contributed by atoms with Gasteiger partial charge in [0, 0.05) is 18.2 Å². The molecule has 0 radical (unpaired) electrons. The lowest BCUT2D eigenvalue weighted by Crippen LogP contribution is -2.24. The van der Waals surface area contributed by atoms with Crippen LogP contribution >= 0.6 is 0 Å². The molecule has 26 heavy (non-hydrogen) atoms. The zero-order chi connectivity index (χ0) is 18.5. The van der Waals surface area contributed by atoms with E-state index in [4.69, 9.17) is 0 Å². The summed E-state index contributed by atoms with van der Waals surface area (Å²) in [5.74, 6) is -0.253. The van der Waals surface area contributed by atoms with Crippen LogP contribution in [0, 0.1) is 10.1 Å². The van der Waals surface area contributed by atoms with Crippen molar-refractivity contribution in [3.05, 3.63) is 94.0 Å². The number of nitrogens with zero attached hydrogens (tertiary/aromatic N) is 1. The van der Waals surface area contributed by atoms with Crippen molar-refractivity contribution in [1.29, 1.82) is 0 Å². The summed E-state index contributed by atoms with van der Waals surface area (Å²) < 4.78 is 0. The number of nitro groups is 1. The first-order valence-electron chi connectivity index (χ1n) is 8.25. The highest BCUT2D eigenvalue weighted by Gasteiger charge is 2.09. The summed E-state index contributed by atoms with van der Waals surface area (Å²) in [5, 5.41) is 16.0. The summed E-state index contributed by atoms with van der Waals surface area (Å²) in [7, 11) is 0. The molecular formula is C21H18N2O3. The number of carbonyl (C=O) groups is 1. The molecule has 0 saturated heterocycles. The minimum atomic E-state index is -0.459. The number of benzene rings is 3. The molecule has 1 unspecified atom stereocenters. The molecule has 3 aromatic carbocycles. The predicted octanol–water partition coefficient (Wildman–Crippen LogP) is 4.64. The zero-order valence-corrected chi connectivity index (χ0v) is 14.3. The molecule has 5 heteroatoms. The third kappa shape index (κ3) is 4.13. The van der Waals surface area contributed by atoms with Crippen LogP contribution in [0.2, 0.25) is 0 Å². The average molecular weight is 346 g/mol. The molecule has 3 aromatic rings. The van der Waals surface area contributed by atoms with E-state index in [-0.39, 0.29) is 17.6 Å². The second kappa shape index (κ2) is 7.61. The Labute approximate surface area is 151 Å². The van der Waals surface area contributed by atoms with Crippen LogP contribution in [0.5, 0.6) is 0 Å². The van der Waals surface area contributed by atoms with Crippen LogP contribution < -0.4 is 5.32 Å². The van der Waals surface area contributed by atoms with Crippen molar-refractivity contribution in [2.45, 2.75) is 13.0 Å². The van der Waals surface area contributed by atoms with E-state index >= 15 is 0 Å². The van der Waals surface area contributed by atoms with Gasteiger partial charge < -0.3 is 5.32 Å². The Balaban J connectivity index is 1.68. The summed E-state index contributed by atoms with van der Waals surface area (Å²) in [6, 6.07) is 20.1. The fraction of sp³-hybridized carbons (Fsp3) is 0.0952. The van der Waals surface area contributed by atoms with Gasteiger partial charge in [0.1, 0.15) is 0 Å². The molecule has 0 bridgehead atoms. The maximum atomic E-state index is 12.2. The Morgan fingerprint density at radius 3 is 2.58 bits per heavy atom. The van der Waals surface area contributed by atoms with Crippen molar-refractivity contribution in [3.63, 3.8) is 0 Å². The van der Waals surface area contributed by atoms with Crippen LogP contribution in [-0.4, -0.2) is 10.8 Å². The summed E-state index contributed by atoms with van der Waals surface area (Å²) >= 11 is 0. The summed E-state index contributed by atoms with van der Waals surface area (Å²) in [6.45, 7) is 1.92. The Hall–Kier alpha value is -3.47. The average Bonchev–Trinajstić information content (AvgIpc) is 2.66. The smallest absolute Gasteiger partial charge is 0.270 e. The lowest BCUT2D eigenvalue weighted by molar-refractivity contribution is -0.384. The van der Waals surface area contributed by atoms with Crippen molar-refractivity contribution in [2.24, 2.45) is 0 Å². The van der Waals surface area contributed by atoms with Crippen molar-refractivity contribution >= 4 is 28.4 Å². The normalized spacial score (nSPS) is 12.2. The van der Waals surface area contributed by atoms with Crippen LogP contribution in [0.15, 0.2) is 72.8 Å². The van der Waals surface area contributed by atoms with Crippen LogP contribution in [0.3, 0.4) is 0 Å². The Kier molecular flexibility index (Phi) is 5.08. The fourth-order valence-corrected chi connectivity index (χ4v) is 2.74. The van der Waals surface area contributed by atoms with Gasteiger partial charge in [-0.15, -0.1) is 0 Å². The molecule has 3 rings (SSSR count). The van der Waals surface area contributed by atoms with E-state index in [1.165, 1.54) is 18.2 Å². The molecule has 0 aliphatic heterocycles. The minimum absolute atomic E-state index is 0.00269. The highest BCUT2D eigenvalue weighted by Crippen LogP contribution is 2.20. The van der Waals surface area contributed by atoms with Gasteiger partial charge in [0.25, 0.3) is 5.69 Å². The molecule has 1 amide bonds. The van der Waals surface area contributed by atoms with E-state index in [0.29, 0.717) is 5.56 Å². The van der Waals surface area contributed by atoms with Crippen molar-refractivity contribution < 1.29 is 9.72 Å². The molecule has 0 fully saturated rings. The van der Waals surface area contributed by atoms with Gasteiger partial charge in [0.15, 0.2) is 0 Å². The van der Waals surface area contributed by atoms with Crippen LogP contribution in [0.1, 0.15) is 24.1 Å². The van der Waals surface area contributed by atoms with Crippen LogP contribution in [0.4, 0.5) is 5.69 Å². The minimum Gasteiger partial charge on any atom is -0.346 e. The lowest BCUT2D eigenvalue weighted by Gasteiger charge is -2.13. The van der Waals surface area contributed by atoms with Crippen LogP contribution in [-0.2, 0) is 4.79 Å². The number of non-ortho nitro benzene ring substituents is 1. The number of fused-ring (bicyclic) bond motifs is 1. The number of amides is 1. The number of nitro benzene ring substituents is 1. The molecule has 0 spiro atoms. The van der Waals surface area contributed by atoms with E-state index in [9.17, 15) is 14.9 Å². The van der Waals surface area contributed by atoms with Gasteiger partial charge in [-0.25, -0.2) is 0 Å². The van der Waals surface area contributed by atoms with Crippen molar-refractivity contribution in [1.82, 2.24) is 5.32 Å². The summed E-state index contributed by atoms with van der Waals surface area (Å²) in [6.07, 6.45) is 2.95. The largest absolute Gasteiger partial charge is 0.346 e. The number of rotatable bonds is 5. The molecule has 0 saturated carbocycles. The molecule has 0 aromatic heterocycles. The van der Waals surface area contributed by atoms with Gasteiger partial charge >= 0.3 is 0 Å². The molecule has 5 nitrogen and oxygen atoms in total. The Bertz CT molecular complexity index is 995. The lowest BCUT2D eigenvalue weighted by atomic mass is 10.0. The first kappa shape index (κ1) is 17.4. The number of carbonyl (C=O) groups excluding carboxylic acids is 1. The third-order valence-electron chi connectivity index (χ3n) is 4.14. The van der Waals surface area contributed by atoms with Gasteiger partial charge in [0.05, 0.1) is 11.0 Å². The zero-order valence-electron chi connectivity index (χ0n) is 14.3. The maximum Gasteiger partial charge on any atom is 0.270 e. The summed E-state index contributed by atoms with van der Waals surface area (Å²) in [4.78, 5) is 22.5. The molecule has 0 aliphatic carbocycles. The summed E-state index contributed by atoms with van der Waals surface area (Å²) in [5.41, 5.74) is 1.62. The van der Waals surface area contributed by atoms with E-state index in [0.717, 1.165) is 16.3 Å². The van der Waals surface area contributed by atoms with E-state index in [1.54, 1.807) is 18.2 Å². The number of hydrogen-bond acceptors (Lipinski definition) is 3. The first-order valence-corrected chi connectivity index (χ1v) is 8.25. The van der Waals surface area contributed by atoms with Crippen molar-refractivity contribution in [3.8, 4) is 0 Å². The maximum absolute atomic E-state index is 12.2.